The second-order valence-corrected chi connectivity index (χ2v) is 11.4. The van der Waals surface area contributed by atoms with E-state index in [0.29, 0.717) is 38.1 Å². The summed E-state index contributed by atoms with van der Waals surface area (Å²) in [5.74, 6) is -1.29. The molecule has 3 fully saturated rings. The van der Waals surface area contributed by atoms with Gasteiger partial charge in [0.05, 0.1) is 24.5 Å². The van der Waals surface area contributed by atoms with Crippen LogP contribution in [0.15, 0.2) is 24.3 Å². The van der Waals surface area contributed by atoms with E-state index in [9.17, 15) is 14.4 Å². The van der Waals surface area contributed by atoms with Gasteiger partial charge in [-0.1, -0.05) is 12.8 Å². The van der Waals surface area contributed by atoms with Crippen LogP contribution in [-0.2, 0) is 19.1 Å². The van der Waals surface area contributed by atoms with Gasteiger partial charge >= 0.3 is 0 Å². The summed E-state index contributed by atoms with van der Waals surface area (Å²) in [6, 6.07) is 6.38. The van der Waals surface area contributed by atoms with E-state index in [1.54, 1.807) is 29.2 Å². The van der Waals surface area contributed by atoms with Gasteiger partial charge in [-0.15, -0.1) is 0 Å². The molecule has 3 heterocycles. The number of nitrogens with one attached hydrogen (secondary N) is 2. The predicted molar refractivity (Wildman–Crippen MR) is 139 cm³/mol. The standard InChI is InChI=1S/C28H41N3O6/c1-5-36-19-12-10-18(11-13-19)29-24(33)21-20-14-15-28(37-20)22(21)26(35)31(16-8-6-7-9-17-32)23(28)25(34)30-27(2,3)4/h10-13,20-23,32H,5-9,14-17H2,1-4H3,(H,29,33)(H,30,34)/t20-,21+,22+,23?,28?/m1/s1. The Labute approximate surface area is 219 Å². The molecule has 3 N–H and O–H groups in total. The monoisotopic (exact) mass is 515 g/mol. The number of hydrogen-bond donors (Lipinski definition) is 3. The number of benzene rings is 1. The number of rotatable bonds is 11. The van der Waals surface area contributed by atoms with Crippen LogP contribution in [0.5, 0.6) is 5.75 Å². The summed E-state index contributed by atoms with van der Waals surface area (Å²) in [5, 5.41) is 15.1. The number of aliphatic hydroxyl groups excluding tert-OH is 1. The van der Waals surface area contributed by atoms with Gasteiger partial charge in [0.1, 0.15) is 17.4 Å². The fraction of sp³-hybridized carbons (Fsp3) is 0.679. The van der Waals surface area contributed by atoms with Crippen LogP contribution < -0.4 is 15.4 Å². The average Bonchev–Trinajstić information content (AvgIpc) is 3.47. The van der Waals surface area contributed by atoms with E-state index in [1.807, 2.05) is 27.7 Å². The Morgan fingerprint density at radius 1 is 1.14 bits per heavy atom. The SMILES string of the molecule is CCOc1ccc(NC(=O)[C@@H]2[C@H]3C(=O)N(CCCCCCO)C(C(=O)NC(C)(C)C)C34CC[C@H]2O4)cc1. The third-order valence-corrected chi connectivity index (χ3v) is 7.59. The van der Waals surface area contributed by atoms with E-state index in [2.05, 4.69) is 10.6 Å². The zero-order chi connectivity index (χ0) is 26.8. The fourth-order valence-corrected chi connectivity index (χ4v) is 6.21. The summed E-state index contributed by atoms with van der Waals surface area (Å²) in [5.41, 5.74) is -0.843. The summed E-state index contributed by atoms with van der Waals surface area (Å²) in [6.45, 7) is 8.77. The maximum absolute atomic E-state index is 13.9. The Balaban J connectivity index is 1.56. The molecule has 2 unspecified atom stereocenters. The molecule has 0 aliphatic carbocycles. The molecule has 0 radical (unpaired) electrons. The number of unbranched alkanes of at least 4 members (excludes halogenated alkanes) is 3. The topological polar surface area (TPSA) is 117 Å². The van der Waals surface area contributed by atoms with Gasteiger partial charge in [0.25, 0.3) is 0 Å². The number of carbonyl (C=O) groups excluding carboxylic acids is 3. The molecule has 2 bridgehead atoms. The average molecular weight is 516 g/mol. The molecular formula is C28H41N3O6. The normalized spacial score (nSPS) is 28.4. The van der Waals surface area contributed by atoms with Crippen LogP contribution in [0, 0.1) is 11.8 Å². The molecule has 4 rings (SSSR count). The van der Waals surface area contributed by atoms with Gasteiger partial charge < -0.3 is 30.1 Å². The zero-order valence-corrected chi connectivity index (χ0v) is 22.4. The number of ether oxygens (including phenoxy) is 2. The molecule has 9 nitrogen and oxygen atoms in total. The lowest BCUT2D eigenvalue weighted by Gasteiger charge is -2.35. The Kier molecular flexibility index (Phi) is 8.14. The van der Waals surface area contributed by atoms with Crippen LogP contribution >= 0.6 is 0 Å². The molecule has 0 aromatic heterocycles. The third kappa shape index (κ3) is 5.48. The minimum absolute atomic E-state index is 0.144. The van der Waals surface area contributed by atoms with E-state index in [1.165, 1.54) is 0 Å². The largest absolute Gasteiger partial charge is 0.494 e. The van der Waals surface area contributed by atoms with Gasteiger partial charge in [-0.3, -0.25) is 14.4 Å². The Morgan fingerprint density at radius 2 is 1.84 bits per heavy atom. The summed E-state index contributed by atoms with van der Waals surface area (Å²) in [6.07, 6.45) is 3.96. The molecule has 204 valence electrons. The minimum Gasteiger partial charge on any atom is -0.494 e. The fourth-order valence-electron chi connectivity index (χ4n) is 6.21. The van der Waals surface area contributed by atoms with Crippen molar-refractivity contribution in [1.29, 1.82) is 0 Å². The summed E-state index contributed by atoms with van der Waals surface area (Å²) < 4.78 is 11.9. The Bertz CT molecular complexity index is 991. The van der Waals surface area contributed by atoms with Crippen molar-refractivity contribution in [2.24, 2.45) is 11.8 Å². The van der Waals surface area contributed by atoms with Crippen molar-refractivity contribution in [1.82, 2.24) is 10.2 Å². The first kappa shape index (κ1) is 27.4. The second-order valence-electron chi connectivity index (χ2n) is 11.4. The highest BCUT2D eigenvalue weighted by molar-refractivity contribution is 6.02. The number of anilines is 1. The molecule has 5 atom stereocenters. The smallest absolute Gasteiger partial charge is 0.246 e. The molecular weight excluding hydrogens is 474 g/mol. The molecule has 1 spiro atoms. The van der Waals surface area contributed by atoms with Crippen LogP contribution in [-0.4, -0.2) is 70.8 Å². The van der Waals surface area contributed by atoms with Crippen molar-refractivity contribution in [3.8, 4) is 5.75 Å². The van der Waals surface area contributed by atoms with E-state index in [-0.39, 0.29) is 24.3 Å². The molecule has 9 heteroatoms. The van der Waals surface area contributed by atoms with Gasteiger partial charge in [0, 0.05) is 24.4 Å². The summed E-state index contributed by atoms with van der Waals surface area (Å²) >= 11 is 0. The zero-order valence-electron chi connectivity index (χ0n) is 22.4. The quantitative estimate of drug-likeness (QED) is 0.390. The molecule has 3 amide bonds. The molecule has 3 aliphatic rings. The highest BCUT2D eigenvalue weighted by atomic mass is 16.5. The molecule has 3 saturated heterocycles. The van der Waals surface area contributed by atoms with Crippen LogP contribution in [0.3, 0.4) is 0 Å². The number of hydrogen-bond acceptors (Lipinski definition) is 6. The lowest BCUT2D eigenvalue weighted by molar-refractivity contribution is -0.142. The number of nitrogens with zero attached hydrogens (tertiary/aromatic N) is 1. The minimum atomic E-state index is -0.997. The van der Waals surface area contributed by atoms with E-state index >= 15 is 0 Å². The van der Waals surface area contributed by atoms with Crippen LogP contribution in [0.25, 0.3) is 0 Å². The maximum Gasteiger partial charge on any atom is 0.246 e. The van der Waals surface area contributed by atoms with E-state index in [0.717, 1.165) is 25.0 Å². The van der Waals surface area contributed by atoms with Gasteiger partial charge in [0.2, 0.25) is 17.7 Å². The molecule has 0 saturated carbocycles. The first-order valence-electron chi connectivity index (χ1n) is 13.6. The third-order valence-electron chi connectivity index (χ3n) is 7.59. The van der Waals surface area contributed by atoms with E-state index in [4.69, 9.17) is 14.6 Å². The Morgan fingerprint density at radius 3 is 2.49 bits per heavy atom. The van der Waals surface area contributed by atoms with Crippen LogP contribution in [0.1, 0.15) is 66.2 Å². The van der Waals surface area contributed by atoms with Crippen molar-refractivity contribution in [2.45, 2.75) is 89.5 Å². The van der Waals surface area contributed by atoms with Gasteiger partial charge in [-0.2, -0.15) is 0 Å². The first-order valence-corrected chi connectivity index (χ1v) is 13.6. The van der Waals surface area contributed by atoms with Crippen molar-refractivity contribution >= 4 is 23.4 Å². The summed E-state index contributed by atoms with van der Waals surface area (Å²) in [7, 11) is 0. The number of amides is 3. The number of likely N-dealkylation sites (tertiary alicyclic amines) is 1. The summed E-state index contributed by atoms with van der Waals surface area (Å²) in [4.78, 5) is 42.7. The van der Waals surface area contributed by atoms with Crippen LogP contribution in [0.4, 0.5) is 5.69 Å². The maximum atomic E-state index is 13.9. The van der Waals surface area contributed by atoms with Crippen molar-refractivity contribution in [3.63, 3.8) is 0 Å². The Hall–Kier alpha value is -2.65. The second kappa shape index (κ2) is 11.0. The number of fused-ring (bicyclic) bond motifs is 1. The highest BCUT2D eigenvalue weighted by Gasteiger charge is 2.74. The van der Waals surface area contributed by atoms with Gasteiger partial charge in [0.15, 0.2) is 0 Å². The lowest BCUT2D eigenvalue weighted by Crippen LogP contribution is -2.58. The molecule has 37 heavy (non-hydrogen) atoms. The van der Waals surface area contributed by atoms with Gasteiger partial charge in [-0.05, 0) is 77.6 Å². The van der Waals surface area contributed by atoms with Crippen molar-refractivity contribution in [2.75, 3.05) is 25.1 Å². The highest BCUT2D eigenvalue weighted by Crippen LogP contribution is 2.58. The predicted octanol–water partition coefficient (Wildman–Crippen LogP) is 2.87. The first-order chi connectivity index (χ1) is 17.6. The van der Waals surface area contributed by atoms with Crippen molar-refractivity contribution < 1.29 is 29.0 Å². The number of aliphatic hydroxyl groups is 1. The molecule has 1 aromatic carbocycles. The lowest BCUT2D eigenvalue weighted by atomic mass is 9.70. The molecule has 3 aliphatic heterocycles. The molecule has 1 aromatic rings. The van der Waals surface area contributed by atoms with Crippen molar-refractivity contribution in [3.05, 3.63) is 24.3 Å². The van der Waals surface area contributed by atoms with Crippen LogP contribution in [0.2, 0.25) is 0 Å². The van der Waals surface area contributed by atoms with E-state index < -0.39 is 35.1 Å². The van der Waals surface area contributed by atoms with Gasteiger partial charge in [-0.25, -0.2) is 0 Å². The number of carbonyl (C=O) groups is 3.